The van der Waals surface area contributed by atoms with Gasteiger partial charge in [-0.3, -0.25) is 4.79 Å². The molecular formula is C12H7F3OS. The average Bonchev–Trinajstić information content (AvgIpc) is 2.63. The average molecular weight is 256 g/mol. The Morgan fingerprint density at radius 1 is 1.12 bits per heavy atom. The van der Waals surface area contributed by atoms with Gasteiger partial charge in [-0.2, -0.15) is 0 Å². The van der Waals surface area contributed by atoms with Crippen LogP contribution in [0.5, 0.6) is 0 Å². The van der Waals surface area contributed by atoms with Crippen LogP contribution in [0.1, 0.15) is 20.8 Å². The number of rotatable bonds is 2. The van der Waals surface area contributed by atoms with Gasteiger partial charge < -0.3 is 0 Å². The first-order valence-corrected chi connectivity index (χ1v) is 5.61. The summed E-state index contributed by atoms with van der Waals surface area (Å²) in [7, 11) is 0. The summed E-state index contributed by atoms with van der Waals surface area (Å²) in [6.07, 6.45) is 0. The number of thiophene rings is 1. The van der Waals surface area contributed by atoms with E-state index in [4.69, 9.17) is 0 Å². The zero-order valence-corrected chi connectivity index (χ0v) is 9.58. The first-order valence-electron chi connectivity index (χ1n) is 4.73. The molecule has 1 nitrogen and oxygen atoms in total. The van der Waals surface area contributed by atoms with Gasteiger partial charge in [0.1, 0.15) is 17.5 Å². The van der Waals surface area contributed by atoms with Crippen LogP contribution in [0.2, 0.25) is 0 Å². The molecule has 1 aromatic heterocycles. The number of ketones is 1. The third kappa shape index (κ3) is 2.24. The molecule has 0 fully saturated rings. The molecule has 0 saturated heterocycles. The second-order valence-electron chi connectivity index (χ2n) is 3.52. The predicted octanol–water partition coefficient (Wildman–Crippen LogP) is 3.70. The highest BCUT2D eigenvalue weighted by Crippen LogP contribution is 2.21. The van der Waals surface area contributed by atoms with Crippen molar-refractivity contribution in [1.82, 2.24) is 0 Å². The van der Waals surface area contributed by atoms with E-state index >= 15 is 0 Å². The van der Waals surface area contributed by atoms with Crippen molar-refractivity contribution in [2.75, 3.05) is 0 Å². The van der Waals surface area contributed by atoms with E-state index in [0.29, 0.717) is 12.1 Å². The predicted molar refractivity (Wildman–Crippen MR) is 58.8 cm³/mol. The van der Waals surface area contributed by atoms with Crippen molar-refractivity contribution in [2.45, 2.75) is 6.92 Å². The van der Waals surface area contributed by atoms with E-state index in [9.17, 15) is 18.0 Å². The quantitative estimate of drug-likeness (QED) is 0.749. The molecule has 2 rings (SSSR count). The van der Waals surface area contributed by atoms with Crippen molar-refractivity contribution < 1.29 is 18.0 Å². The molecule has 0 aliphatic carbocycles. The van der Waals surface area contributed by atoms with Gasteiger partial charge in [0.15, 0.2) is 5.78 Å². The summed E-state index contributed by atoms with van der Waals surface area (Å²) in [5.74, 6) is -4.19. The van der Waals surface area contributed by atoms with Crippen molar-refractivity contribution in [3.63, 3.8) is 0 Å². The van der Waals surface area contributed by atoms with Gasteiger partial charge in [0, 0.05) is 28.0 Å². The standard InChI is InChI=1S/C12H7F3OS/c1-6-2-7(5-17-6)12(16)11-9(14)3-8(13)4-10(11)15/h2-5H,1H3. The highest BCUT2D eigenvalue weighted by molar-refractivity contribution is 7.10. The lowest BCUT2D eigenvalue weighted by molar-refractivity contribution is 0.103. The molecule has 0 aliphatic rings. The summed E-state index contributed by atoms with van der Waals surface area (Å²) in [6, 6.07) is 2.53. The zero-order valence-electron chi connectivity index (χ0n) is 8.76. The number of aryl methyl sites for hydroxylation is 1. The van der Waals surface area contributed by atoms with Gasteiger partial charge in [0.2, 0.25) is 0 Å². The Bertz CT molecular complexity index is 566. The van der Waals surface area contributed by atoms with Crippen LogP contribution >= 0.6 is 11.3 Å². The van der Waals surface area contributed by atoms with Crippen LogP contribution in [0.25, 0.3) is 0 Å². The van der Waals surface area contributed by atoms with E-state index in [1.54, 1.807) is 6.92 Å². The molecule has 0 bridgehead atoms. The molecule has 88 valence electrons. The fraction of sp³-hybridized carbons (Fsp3) is 0.0833. The van der Waals surface area contributed by atoms with Gasteiger partial charge in [-0.25, -0.2) is 13.2 Å². The first kappa shape index (κ1) is 11.9. The van der Waals surface area contributed by atoms with Crippen LogP contribution in [0.3, 0.4) is 0 Å². The Balaban J connectivity index is 2.51. The summed E-state index contributed by atoms with van der Waals surface area (Å²) in [6.45, 7) is 1.78. The Morgan fingerprint density at radius 2 is 1.71 bits per heavy atom. The van der Waals surface area contributed by atoms with Crippen LogP contribution in [0.4, 0.5) is 13.2 Å². The van der Waals surface area contributed by atoms with Crippen molar-refractivity contribution >= 4 is 17.1 Å². The smallest absolute Gasteiger partial charge is 0.199 e. The minimum absolute atomic E-state index is 0.205. The van der Waals surface area contributed by atoms with E-state index in [0.717, 1.165) is 4.88 Å². The van der Waals surface area contributed by atoms with Crippen molar-refractivity contribution in [3.05, 3.63) is 57.0 Å². The first-order chi connectivity index (χ1) is 7.99. The number of hydrogen-bond acceptors (Lipinski definition) is 2. The molecule has 5 heteroatoms. The number of benzene rings is 1. The minimum atomic E-state index is -1.18. The Morgan fingerprint density at radius 3 is 2.18 bits per heavy atom. The lowest BCUT2D eigenvalue weighted by Gasteiger charge is -2.02. The largest absolute Gasteiger partial charge is 0.288 e. The monoisotopic (exact) mass is 256 g/mol. The topological polar surface area (TPSA) is 17.1 Å². The van der Waals surface area contributed by atoms with Crippen LogP contribution in [-0.4, -0.2) is 5.78 Å². The lowest BCUT2D eigenvalue weighted by Crippen LogP contribution is -2.07. The molecule has 0 unspecified atom stereocenters. The number of carbonyl (C=O) groups excluding carboxylic acids is 1. The Labute approximate surface area is 99.5 Å². The summed E-state index contributed by atoms with van der Waals surface area (Å²) in [5, 5.41) is 1.51. The Hall–Kier alpha value is -1.62. The Kier molecular flexibility index (Phi) is 3.02. The molecule has 0 amide bonds. The third-order valence-electron chi connectivity index (χ3n) is 2.23. The van der Waals surface area contributed by atoms with Gasteiger partial charge >= 0.3 is 0 Å². The summed E-state index contributed by atoms with van der Waals surface area (Å²) in [5.41, 5.74) is -0.513. The molecular weight excluding hydrogens is 249 g/mol. The number of hydrogen-bond donors (Lipinski definition) is 0. The molecule has 0 spiro atoms. The third-order valence-corrected chi connectivity index (χ3v) is 3.09. The van der Waals surface area contributed by atoms with E-state index < -0.39 is 28.8 Å². The maximum absolute atomic E-state index is 13.4. The summed E-state index contributed by atoms with van der Waals surface area (Å²) in [4.78, 5) is 12.7. The fourth-order valence-electron chi connectivity index (χ4n) is 1.47. The van der Waals surface area contributed by atoms with E-state index in [1.807, 2.05) is 0 Å². The molecule has 17 heavy (non-hydrogen) atoms. The molecule has 0 N–H and O–H groups in total. The molecule has 1 heterocycles. The van der Waals surface area contributed by atoms with Crippen molar-refractivity contribution in [1.29, 1.82) is 0 Å². The van der Waals surface area contributed by atoms with Crippen molar-refractivity contribution in [2.24, 2.45) is 0 Å². The highest BCUT2D eigenvalue weighted by atomic mass is 32.1. The van der Waals surface area contributed by atoms with Crippen LogP contribution in [0.15, 0.2) is 23.6 Å². The molecule has 0 saturated carbocycles. The molecule has 0 aliphatic heterocycles. The number of halogens is 3. The van der Waals surface area contributed by atoms with Gasteiger partial charge in [0.25, 0.3) is 0 Å². The maximum Gasteiger partial charge on any atom is 0.199 e. The van der Waals surface area contributed by atoms with Crippen LogP contribution in [0, 0.1) is 24.4 Å². The zero-order chi connectivity index (χ0) is 12.6. The minimum Gasteiger partial charge on any atom is -0.288 e. The number of carbonyl (C=O) groups is 1. The van der Waals surface area contributed by atoms with E-state index in [1.165, 1.54) is 22.8 Å². The second-order valence-corrected chi connectivity index (χ2v) is 4.63. The molecule has 2 aromatic rings. The van der Waals surface area contributed by atoms with Gasteiger partial charge in [0.05, 0.1) is 5.56 Å². The normalized spacial score (nSPS) is 10.6. The SMILES string of the molecule is Cc1cc(C(=O)c2c(F)cc(F)cc2F)cs1. The summed E-state index contributed by atoms with van der Waals surface area (Å²) >= 11 is 1.30. The highest BCUT2D eigenvalue weighted by Gasteiger charge is 2.20. The van der Waals surface area contributed by atoms with Crippen LogP contribution in [-0.2, 0) is 0 Å². The van der Waals surface area contributed by atoms with Gasteiger partial charge in [-0.15, -0.1) is 11.3 Å². The molecule has 0 radical (unpaired) electrons. The van der Waals surface area contributed by atoms with Gasteiger partial charge in [-0.05, 0) is 13.0 Å². The maximum atomic E-state index is 13.4. The van der Waals surface area contributed by atoms with Crippen molar-refractivity contribution in [3.8, 4) is 0 Å². The van der Waals surface area contributed by atoms with E-state index in [-0.39, 0.29) is 5.56 Å². The second kappa shape index (κ2) is 4.33. The molecule has 1 aromatic carbocycles. The van der Waals surface area contributed by atoms with Crippen LogP contribution < -0.4 is 0 Å². The van der Waals surface area contributed by atoms with Gasteiger partial charge in [-0.1, -0.05) is 0 Å². The lowest BCUT2D eigenvalue weighted by atomic mass is 10.0. The summed E-state index contributed by atoms with van der Waals surface area (Å²) < 4.78 is 39.4. The van der Waals surface area contributed by atoms with E-state index in [2.05, 4.69) is 0 Å². The molecule has 0 atom stereocenters. The fourth-order valence-corrected chi connectivity index (χ4v) is 2.15.